The number of aromatic nitrogens is 3. The molecule has 3 aromatic rings. The van der Waals surface area contributed by atoms with Crippen molar-refractivity contribution in [1.82, 2.24) is 15.2 Å². The summed E-state index contributed by atoms with van der Waals surface area (Å²) in [5.41, 5.74) is 2.28. The smallest absolute Gasteiger partial charge is 0.249 e. The van der Waals surface area contributed by atoms with Gasteiger partial charge in [-0.15, -0.1) is 5.10 Å². The van der Waals surface area contributed by atoms with Crippen molar-refractivity contribution in [2.45, 2.75) is 6.92 Å². The zero-order valence-electron chi connectivity index (χ0n) is 12.2. The highest BCUT2D eigenvalue weighted by Crippen LogP contribution is 2.26. The van der Waals surface area contributed by atoms with Gasteiger partial charge >= 0.3 is 0 Å². The first-order chi connectivity index (χ1) is 11.1. The third-order valence-corrected chi connectivity index (χ3v) is 3.72. The lowest BCUT2D eigenvalue weighted by atomic mass is 10.2. The number of anilines is 4. The molecule has 116 valence electrons. The van der Waals surface area contributed by atoms with Gasteiger partial charge < -0.3 is 10.6 Å². The maximum absolute atomic E-state index is 13.7. The lowest BCUT2D eigenvalue weighted by Gasteiger charge is -2.09. The number of hydrogen-bond donors (Lipinski definition) is 2. The highest BCUT2D eigenvalue weighted by Gasteiger charge is 2.06. The minimum absolute atomic E-state index is 0.316. The zero-order valence-corrected chi connectivity index (χ0v) is 13.8. The fourth-order valence-electron chi connectivity index (χ4n) is 1.96. The lowest BCUT2D eigenvalue weighted by molar-refractivity contribution is 0.632. The summed E-state index contributed by atoms with van der Waals surface area (Å²) in [5, 5.41) is 13.8. The van der Waals surface area contributed by atoms with Crippen molar-refractivity contribution in [1.29, 1.82) is 0 Å². The maximum atomic E-state index is 13.7. The molecule has 1 aromatic heterocycles. The summed E-state index contributed by atoms with van der Waals surface area (Å²) in [6, 6.07) is 12.2. The first kappa shape index (κ1) is 15.4. The van der Waals surface area contributed by atoms with Gasteiger partial charge in [0.15, 0.2) is 5.82 Å². The average Bonchev–Trinajstić information content (AvgIpc) is 2.53. The Bertz CT molecular complexity index is 840. The molecule has 0 spiro atoms. The van der Waals surface area contributed by atoms with Crippen molar-refractivity contribution >= 4 is 39.1 Å². The number of rotatable bonds is 4. The van der Waals surface area contributed by atoms with Crippen LogP contribution in [0, 0.1) is 12.7 Å². The highest BCUT2D eigenvalue weighted by molar-refractivity contribution is 9.10. The quantitative estimate of drug-likeness (QED) is 0.701. The summed E-state index contributed by atoms with van der Waals surface area (Å²) in [4.78, 5) is 4.28. The molecular weight excluding hydrogens is 361 g/mol. The summed E-state index contributed by atoms with van der Waals surface area (Å²) in [7, 11) is 0. The Morgan fingerprint density at radius 3 is 2.65 bits per heavy atom. The second-order valence-electron chi connectivity index (χ2n) is 4.88. The molecule has 0 amide bonds. The number of hydrogen-bond acceptors (Lipinski definition) is 5. The molecule has 1 heterocycles. The predicted octanol–water partition coefficient (Wildman–Crippen LogP) is 4.57. The standard InChI is InChI=1S/C16H13BrFN5/c1-10-6-7-13(11(17)8-10)21-16-22-15(9-19-23-16)20-14-5-3-2-4-12(14)18/h2-9H,1H3,(H2,20,21,22,23). The van der Waals surface area contributed by atoms with Gasteiger partial charge in [-0.25, -0.2) is 4.39 Å². The average molecular weight is 374 g/mol. The molecule has 0 saturated heterocycles. The molecule has 0 fully saturated rings. The van der Waals surface area contributed by atoms with Gasteiger partial charge in [0.25, 0.3) is 0 Å². The van der Waals surface area contributed by atoms with Crippen molar-refractivity contribution in [3.8, 4) is 0 Å². The van der Waals surface area contributed by atoms with Crippen LogP contribution in [0.2, 0.25) is 0 Å². The van der Waals surface area contributed by atoms with Gasteiger partial charge in [0, 0.05) is 4.47 Å². The SMILES string of the molecule is Cc1ccc(Nc2nncc(Nc3ccccc3F)n2)c(Br)c1. The van der Waals surface area contributed by atoms with Gasteiger partial charge in [-0.05, 0) is 52.7 Å². The molecule has 0 saturated carbocycles. The molecule has 0 radical (unpaired) electrons. The van der Waals surface area contributed by atoms with Gasteiger partial charge in [-0.3, -0.25) is 0 Å². The van der Waals surface area contributed by atoms with Crippen molar-refractivity contribution in [2.24, 2.45) is 0 Å². The third kappa shape index (κ3) is 3.81. The van der Waals surface area contributed by atoms with Crippen molar-refractivity contribution < 1.29 is 4.39 Å². The summed E-state index contributed by atoms with van der Waals surface area (Å²) in [5.74, 6) is 0.355. The van der Waals surface area contributed by atoms with Crippen LogP contribution in [0.3, 0.4) is 0 Å². The van der Waals surface area contributed by atoms with E-state index in [0.717, 1.165) is 15.7 Å². The fourth-order valence-corrected chi connectivity index (χ4v) is 2.55. The summed E-state index contributed by atoms with van der Waals surface area (Å²) in [6.45, 7) is 2.01. The van der Waals surface area contributed by atoms with Gasteiger partial charge in [-0.1, -0.05) is 18.2 Å². The Hall–Kier alpha value is -2.54. The minimum atomic E-state index is -0.359. The van der Waals surface area contributed by atoms with Crippen LogP contribution in [-0.4, -0.2) is 15.2 Å². The van der Waals surface area contributed by atoms with Crippen LogP contribution in [0.4, 0.5) is 27.5 Å². The molecule has 0 unspecified atom stereocenters. The number of para-hydroxylation sites is 1. The molecule has 3 rings (SSSR count). The summed E-state index contributed by atoms with van der Waals surface area (Å²) >= 11 is 3.48. The zero-order chi connectivity index (χ0) is 16.2. The van der Waals surface area contributed by atoms with E-state index in [1.807, 2.05) is 25.1 Å². The van der Waals surface area contributed by atoms with E-state index < -0.39 is 0 Å². The van der Waals surface area contributed by atoms with E-state index in [-0.39, 0.29) is 5.82 Å². The molecule has 2 N–H and O–H groups in total. The Kier molecular flexibility index (Phi) is 4.47. The van der Waals surface area contributed by atoms with E-state index in [1.54, 1.807) is 18.2 Å². The lowest BCUT2D eigenvalue weighted by Crippen LogP contribution is -2.03. The Morgan fingerprint density at radius 1 is 1.04 bits per heavy atom. The summed E-state index contributed by atoms with van der Waals surface area (Å²) in [6.07, 6.45) is 1.43. The van der Waals surface area contributed by atoms with E-state index in [0.29, 0.717) is 17.5 Å². The largest absolute Gasteiger partial charge is 0.336 e. The maximum Gasteiger partial charge on any atom is 0.249 e. The number of halogens is 2. The Morgan fingerprint density at radius 2 is 1.87 bits per heavy atom. The molecular formula is C16H13BrFN5. The molecule has 23 heavy (non-hydrogen) atoms. The topological polar surface area (TPSA) is 62.7 Å². The van der Waals surface area contributed by atoms with Crippen molar-refractivity contribution in [3.63, 3.8) is 0 Å². The molecule has 7 heteroatoms. The first-order valence-electron chi connectivity index (χ1n) is 6.86. The van der Waals surface area contributed by atoms with Crippen LogP contribution in [0.15, 0.2) is 53.1 Å². The molecule has 0 aliphatic rings. The number of nitrogens with zero attached hydrogens (tertiary/aromatic N) is 3. The number of aryl methyl sites for hydroxylation is 1. The highest BCUT2D eigenvalue weighted by atomic mass is 79.9. The summed E-state index contributed by atoms with van der Waals surface area (Å²) < 4.78 is 14.6. The van der Waals surface area contributed by atoms with Gasteiger partial charge in [0.05, 0.1) is 17.6 Å². The normalized spacial score (nSPS) is 10.4. The van der Waals surface area contributed by atoms with E-state index in [9.17, 15) is 4.39 Å². The molecule has 2 aromatic carbocycles. The first-order valence-corrected chi connectivity index (χ1v) is 7.65. The Balaban J connectivity index is 1.81. The minimum Gasteiger partial charge on any atom is -0.336 e. The van der Waals surface area contributed by atoms with Crippen molar-refractivity contribution in [2.75, 3.05) is 10.6 Å². The van der Waals surface area contributed by atoms with Crippen LogP contribution < -0.4 is 10.6 Å². The second-order valence-corrected chi connectivity index (χ2v) is 5.73. The monoisotopic (exact) mass is 373 g/mol. The second kappa shape index (κ2) is 6.70. The van der Waals surface area contributed by atoms with Crippen LogP contribution >= 0.6 is 15.9 Å². The number of benzene rings is 2. The molecule has 5 nitrogen and oxygen atoms in total. The third-order valence-electron chi connectivity index (χ3n) is 3.07. The fraction of sp³-hybridized carbons (Fsp3) is 0.0625. The van der Waals surface area contributed by atoms with E-state index in [4.69, 9.17) is 0 Å². The van der Waals surface area contributed by atoms with E-state index >= 15 is 0 Å². The van der Waals surface area contributed by atoms with Crippen molar-refractivity contribution in [3.05, 3.63) is 64.5 Å². The van der Waals surface area contributed by atoms with Crippen LogP contribution in [0.1, 0.15) is 5.56 Å². The molecule has 0 aliphatic carbocycles. The predicted molar refractivity (Wildman–Crippen MR) is 91.7 cm³/mol. The Labute approximate surface area is 141 Å². The number of nitrogens with one attached hydrogen (secondary N) is 2. The van der Waals surface area contributed by atoms with Gasteiger partial charge in [0.1, 0.15) is 5.82 Å². The van der Waals surface area contributed by atoms with E-state index in [2.05, 4.69) is 41.7 Å². The molecule has 0 aliphatic heterocycles. The van der Waals surface area contributed by atoms with E-state index in [1.165, 1.54) is 12.3 Å². The van der Waals surface area contributed by atoms with Crippen LogP contribution in [0.5, 0.6) is 0 Å². The van der Waals surface area contributed by atoms with Crippen LogP contribution in [-0.2, 0) is 0 Å². The van der Waals surface area contributed by atoms with Gasteiger partial charge in [0.2, 0.25) is 5.95 Å². The van der Waals surface area contributed by atoms with Crippen LogP contribution in [0.25, 0.3) is 0 Å². The molecule has 0 bridgehead atoms. The van der Waals surface area contributed by atoms with Gasteiger partial charge in [-0.2, -0.15) is 10.1 Å². The molecule has 0 atom stereocenters.